The number of imidazole rings is 1. The fraction of sp³-hybridized carbons (Fsp3) is 0.333. The summed E-state index contributed by atoms with van der Waals surface area (Å²) in [6, 6.07) is 0. The number of anilines is 1. The number of rotatable bonds is 3. The molecule has 0 aliphatic rings. The molecule has 5 nitrogen and oxygen atoms in total. The molecule has 2 aromatic heterocycles. The molecule has 0 atom stereocenters. The van der Waals surface area contributed by atoms with Crippen LogP contribution in [0.15, 0.2) is 17.0 Å². The van der Waals surface area contributed by atoms with Crippen LogP contribution in [0.3, 0.4) is 0 Å². The Balaban J connectivity index is 2.64. The first-order valence-electron chi connectivity index (χ1n) is 4.45. The maximum Gasteiger partial charge on any atom is 0.180 e. The maximum absolute atomic E-state index is 5.09. The van der Waals surface area contributed by atoms with Gasteiger partial charge in [-0.15, -0.1) is 0 Å². The molecule has 0 aliphatic carbocycles. The number of hydrogen-bond acceptors (Lipinski definition) is 4. The van der Waals surface area contributed by atoms with E-state index in [1.807, 2.05) is 17.6 Å². The molecular weight excluding hydrogens is 260 g/mol. The summed E-state index contributed by atoms with van der Waals surface area (Å²) in [7, 11) is 3.48. The van der Waals surface area contributed by atoms with Crippen LogP contribution in [-0.2, 0) is 11.3 Å². The first kappa shape index (κ1) is 10.4. The van der Waals surface area contributed by atoms with E-state index in [0.717, 1.165) is 21.8 Å². The molecule has 0 spiro atoms. The Kier molecular flexibility index (Phi) is 2.88. The minimum Gasteiger partial charge on any atom is -0.378 e. The predicted octanol–water partition coefficient (Wildman–Crippen LogP) is 1.68. The quantitative estimate of drug-likeness (QED) is 0.922. The summed E-state index contributed by atoms with van der Waals surface area (Å²) in [4.78, 5) is 8.56. The molecule has 0 saturated carbocycles. The summed E-state index contributed by atoms with van der Waals surface area (Å²) in [5.41, 5.74) is 1.79. The van der Waals surface area contributed by atoms with Crippen molar-refractivity contribution in [2.45, 2.75) is 6.61 Å². The van der Waals surface area contributed by atoms with E-state index >= 15 is 0 Å². The van der Waals surface area contributed by atoms with E-state index in [4.69, 9.17) is 4.74 Å². The second kappa shape index (κ2) is 4.16. The van der Waals surface area contributed by atoms with E-state index in [2.05, 4.69) is 31.2 Å². The number of nitrogens with zero attached hydrogens (tertiary/aromatic N) is 3. The van der Waals surface area contributed by atoms with Gasteiger partial charge in [0.1, 0.15) is 4.60 Å². The summed E-state index contributed by atoms with van der Waals surface area (Å²) in [6.07, 6.45) is 3.66. The van der Waals surface area contributed by atoms with Crippen molar-refractivity contribution in [1.82, 2.24) is 14.4 Å². The van der Waals surface area contributed by atoms with Gasteiger partial charge in [0.25, 0.3) is 0 Å². The fourth-order valence-electron chi connectivity index (χ4n) is 1.43. The Morgan fingerprint density at radius 2 is 2.40 bits per heavy atom. The molecule has 2 aromatic rings. The average molecular weight is 271 g/mol. The first-order chi connectivity index (χ1) is 7.26. The van der Waals surface area contributed by atoms with E-state index in [-0.39, 0.29) is 0 Å². The molecule has 2 heterocycles. The number of aromatic nitrogens is 3. The number of hydrogen-bond donors (Lipinski definition) is 1. The van der Waals surface area contributed by atoms with Gasteiger partial charge in [0.2, 0.25) is 0 Å². The lowest BCUT2D eigenvalue weighted by molar-refractivity contribution is 0.181. The van der Waals surface area contributed by atoms with Crippen molar-refractivity contribution in [3.63, 3.8) is 0 Å². The first-order valence-corrected chi connectivity index (χ1v) is 5.24. The van der Waals surface area contributed by atoms with Gasteiger partial charge in [0, 0.05) is 20.4 Å². The molecule has 15 heavy (non-hydrogen) atoms. The highest BCUT2D eigenvalue weighted by atomic mass is 79.9. The molecule has 0 unspecified atom stereocenters. The molecule has 0 saturated heterocycles. The lowest BCUT2D eigenvalue weighted by Crippen LogP contribution is -2.00. The Bertz CT molecular complexity index is 482. The highest BCUT2D eigenvalue weighted by molar-refractivity contribution is 9.10. The standard InChI is InChI=1S/C9H11BrN4O/c1-11-8-9-12-3-6(5-15-2)14(9)4-7(10)13-8/h3-4H,5H2,1-2H3,(H,11,13). The van der Waals surface area contributed by atoms with Gasteiger partial charge in [0.05, 0.1) is 18.5 Å². The average Bonchev–Trinajstić information content (AvgIpc) is 2.61. The molecule has 0 fully saturated rings. The zero-order chi connectivity index (χ0) is 10.8. The molecule has 6 heteroatoms. The van der Waals surface area contributed by atoms with Gasteiger partial charge in [-0.3, -0.25) is 4.40 Å². The smallest absolute Gasteiger partial charge is 0.180 e. The number of halogens is 1. The number of nitrogens with one attached hydrogen (secondary N) is 1. The molecule has 0 bridgehead atoms. The van der Waals surface area contributed by atoms with Gasteiger partial charge in [0.15, 0.2) is 11.5 Å². The van der Waals surface area contributed by atoms with Crippen molar-refractivity contribution < 1.29 is 4.74 Å². The van der Waals surface area contributed by atoms with Crippen LogP contribution in [0.1, 0.15) is 5.69 Å². The van der Waals surface area contributed by atoms with Crippen molar-refractivity contribution in [1.29, 1.82) is 0 Å². The molecule has 0 amide bonds. The molecule has 0 aliphatic heterocycles. The summed E-state index contributed by atoms with van der Waals surface area (Å²) in [6.45, 7) is 0.529. The Morgan fingerprint density at radius 1 is 1.60 bits per heavy atom. The van der Waals surface area contributed by atoms with Crippen LogP contribution in [0.5, 0.6) is 0 Å². The van der Waals surface area contributed by atoms with Gasteiger partial charge < -0.3 is 10.1 Å². The summed E-state index contributed by atoms with van der Waals surface area (Å²) in [5.74, 6) is 0.742. The summed E-state index contributed by atoms with van der Waals surface area (Å²) < 4.78 is 7.80. The van der Waals surface area contributed by atoms with Crippen LogP contribution in [-0.4, -0.2) is 28.5 Å². The normalized spacial score (nSPS) is 10.9. The minimum absolute atomic E-state index is 0.529. The predicted molar refractivity (Wildman–Crippen MR) is 60.9 cm³/mol. The SMILES string of the molecule is CNc1nc(Br)cn2c(COC)cnc12. The summed E-state index contributed by atoms with van der Waals surface area (Å²) >= 11 is 3.35. The molecule has 0 radical (unpaired) electrons. The second-order valence-corrected chi connectivity index (χ2v) is 3.85. The van der Waals surface area contributed by atoms with Crippen molar-refractivity contribution >= 4 is 27.4 Å². The van der Waals surface area contributed by atoms with E-state index < -0.39 is 0 Å². The molecule has 2 rings (SSSR count). The summed E-state index contributed by atoms with van der Waals surface area (Å²) in [5, 5.41) is 3.00. The van der Waals surface area contributed by atoms with Crippen molar-refractivity contribution in [3.05, 3.63) is 22.7 Å². The highest BCUT2D eigenvalue weighted by Crippen LogP contribution is 2.18. The van der Waals surface area contributed by atoms with Gasteiger partial charge in [-0.05, 0) is 15.9 Å². The van der Waals surface area contributed by atoms with Crippen molar-refractivity contribution in [2.75, 3.05) is 19.5 Å². The highest BCUT2D eigenvalue weighted by Gasteiger charge is 2.08. The third-order valence-corrected chi connectivity index (χ3v) is 2.45. The third-order valence-electron chi connectivity index (χ3n) is 2.07. The van der Waals surface area contributed by atoms with Gasteiger partial charge in [-0.1, -0.05) is 0 Å². The lowest BCUT2D eigenvalue weighted by atomic mass is 10.5. The molecule has 1 N–H and O–H groups in total. The Morgan fingerprint density at radius 3 is 3.07 bits per heavy atom. The minimum atomic E-state index is 0.529. The molecule has 80 valence electrons. The number of methoxy groups -OCH3 is 1. The van der Waals surface area contributed by atoms with Gasteiger partial charge >= 0.3 is 0 Å². The topological polar surface area (TPSA) is 51.5 Å². The Labute approximate surface area is 95.6 Å². The lowest BCUT2D eigenvalue weighted by Gasteiger charge is -2.04. The van der Waals surface area contributed by atoms with E-state index in [1.54, 1.807) is 13.3 Å². The second-order valence-electron chi connectivity index (χ2n) is 3.04. The zero-order valence-electron chi connectivity index (χ0n) is 8.49. The molecular formula is C9H11BrN4O. The fourth-order valence-corrected chi connectivity index (χ4v) is 1.81. The van der Waals surface area contributed by atoms with E-state index in [9.17, 15) is 0 Å². The third kappa shape index (κ3) is 1.82. The largest absolute Gasteiger partial charge is 0.378 e. The van der Waals surface area contributed by atoms with Gasteiger partial charge in [-0.2, -0.15) is 0 Å². The van der Waals surface area contributed by atoms with Gasteiger partial charge in [-0.25, -0.2) is 9.97 Å². The van der Waals surface area contributed by atoms with Crippen molar-refractivity contribution in [3.8, 4) is 0 Å². The van der Waals surface area contributed by atoms with Crippen LogP contribution in [0.4, 0.5) is 5.82 Å². The number of fused-ring (bicyclic) bond motifs is 1. The van der Waals surface area contributed by atoms with Crippen LogP contribution in [0.25, 0.3) is 5.65 Å². The van der Waals surface area contributed by atoms with E-state index in [0.29, 0.717) is 6.61 Å². The van der Waals surface area contributed by atoms with Crippen LogP contribution >= 0.6 is 15.9 Å². The Hall–Kier alpha value is -1.14. The van der Waals surface area contributed by atoms with Crippen LogP contribution in [0.2, 0.25) is 0 Å². The van der Waals surface area contributed by atoms with E-state index in [1.165, 1.54) is 0 Å². The number of ether oxygens (including phenoxy) is 1. The van der Waals surface area contributed by atoms with Crippen molar-refractivity contribution in [2.24, 2.45) is 0 Å². The maximum atomic E-state index is 5.09. The van der Waals surface area contributed by atoms with Crippen LogP contribution in [0, 0.1) is 0 Å². The zero-order valence-corrected chi connectivity index (χ0v) is 10.1. The van der Waals surface area contributed by atoms with Crippen LogP contribution < -0.4 is 5.32 Å². The molecule has 0 aromatic carbocycles. The monoisotopic (exact) mass is 270 g/mol.